The maximum Gasteiger partial charge on any atom is 0.261 e. The molecule has 5 nitrogen and oxygen atoms in total. The molecule has 0 aliphatic carbocycles. The van der Waals surface area contributed by atoms with Crippen LogP contribution in [0.1, 0.15) is 24.6 Å². The summed E-state index contributed by atoms with van der Waals surface area (Å²) in [5, 5.41) is 9.59. The molecule has 0 atom stereocenters. The monoisotopic (exact) mass is 266 g/mol. The van der Waals surface area contributed by atoms with Crippen molar-refractivity contribution in [3.63, 3.8) is 0 Å². The standard InChI is InChI=1S/C12H18N4OS/c1-4-5-13-8-10-9(2)15-16(3)11(10)18-12-14-6-7-17-12/h6-7,13H,4-5,8H2,1-3H3. The van der Waals surface area contributed by atoms with Crippen molar-refractivity contribution in [3.8, 4) is 0 Å². The van der Waals surface area contributed by atoms with E-state index in [9.17, 15) is 0 Å². The molecule has 0 bridgehead atoms. The fourth-order valence-corrected chi connectivity index (χ4v) is 2.64. The summed E-state index contributed by atoms with van der Waals surface area (Å²) in [6, 6.07) is 0. The second-order valence-electron chi connectivity index (χ2n) is 4.07. The Bertz CT molecular complexity index is 492. The fraction of sp³-hybridized carbons (Fsp3) is 0.500. The molecule has 1 N–H and O–H groups in total. The van der Waals surface area contributed by atoms with Crippen molar-refractivity contribution >= 4 is 11.8 Å². The second-order valence-corrected chi connectivity index (χ2v) is 5.01. The average molecular weight is 266 g/mol. The predicted octanol–water partition coefficient (Wildman–Crippen LogP) is 2.37. The zero-order valence-corrected chi connectivity index (χ0v) is 11.8. The molecule has 2 aromatic rings. The number of aryl methyl sites for hydroxylation is 2. The first-order valence-electron chi connectivity index (χ1n) is 6.03. The third-order valence-corrected chi connectivity index (χ3v) is 3.69. The van der Waals surface area contributed by atoms with Gasteiger partial charge in [-0.25, -0.2) is 4.98 Å². The maximum absolute atomic E-state index is 5.27. The van der Waals surface area contributed by atoms with E-state index in [2.05, 4.69) is 22.3 Å². The van der Waals surface area contributed by atoms with Crippen molar-refractivity contribution < 1.29 is 4.42 Å². The summed E-state index contributed by atoms with van der Waals surface area (Å²) in [4.78, 5) is 4.13. The second kappa shape index (κ2) is 6.06. The van der Waals surface area contributed by atoms with Gasteiger partial charge in [-0.1, -0.05) is 6.92 Å². The quantitative estimate of drug-likeness (QED) is 0.813. The number of oxazole rings is 1. The van der Waals surface area contributed by atoms with Crippen molar-refractivity contribution in [2.24, 2.45) is 7.05 Å². The molecular weight excluding hydrogens is 248 g/mol. The molecular formula is C12H18N4OS. The lowest BCUT2D eigenvalue weighted by atomic mass is 10.2. The summed E-state index contributed by atoms with van der Waals surface area (Å²) < 4.78 is 7.15. The first-order chi connectivity index (χ1) is 8.72. The molecule has 0 saturated heterocycles. The minimum atomic E-state index is 0.648. The van der Waals surface area contributed by atoms with Gasteiger partial charge in [-0.2, -0.15) is 5.10 Å². The third-order valence-electron chi connectivity index (χ3n) is 2.61. The Morgan fingerprint density at radius 3 is 3.00 bits per heavy atom. The van der Waals surface area contributed by atoms with Gasteiger partial charge in [0.2, 0.25) is 0 Å². The third kappa shape index (κ3) is 2.94. The molecule has 2 aromatic heterocycles. The Hall–Kier alpha value is -1.27. The van der Waals surface area contributed by atoms with Crippen molar-refractivity contribution in [2.75, 3.05) is 6.54 Å². The van der Waals surface area contributed by atoms with Gasteiger partial charge in [0.05, 0.1) is 11.9 Å². The molecule has 0 aromatic carbocycles. The van der Waals surface area contributed by atoms with Gasteiger partial charge in [0.1, 0.15) is 11.3 Å². The largest absolute Gasteiger partial charge is 0.440 e. The van der Waals surface area contributed by atoms with E-state index in [1.165, 1.54) is 17.3 Å². The van der Waals surface area contributed by atoms with E-state index >= 15 is 0 Å². The van der Waals surface area contributed by atoms with Crippen molar-refractivity contribution in [3.05, 3.63) is 23.7 Å². The van der Waals surface area contributed by atoms with Gasteiger partial charge in [-0.15, -0.1) is 0 Å². The first kappa shape index (κ1) is 13.2. The lowest BCUT2D eigenvalue weighted by Gasteiger charge is -2.05. The number of nitrogens with one attached hydrogen (secondary N) is 1. The summed E-state index contributed by atoms with van der Waals surface area (Å²) >= 11 is 1.51. The summed E-state index contributed by atoms with van der Waals surface area (Å²) in [5.41, 5.74) is 2.27. The van der Waals surface area contributed by atoms with Crippen LogP contribution in [0.15, 0.2) is 27.1 Å². The molecule has 0 spiro atoms. The van der Waals surface area contributed by atoms with Crippen LogP contribution in [0.5, 0.6) is 0 Å². The first-order valence-corrected chi connectivity index (χ1v) is 6.84. The molecule has 2 heterocycles. The number of aromatic nitrogens is 3. The van der Waals surface area contributed by atoms with E-state index in [1.54, 1.807) is 12.5 Å². The Morgan fingerprint density at radius 2 is 2.33 bits per heavy atom. The summed E-state index contributed by atoms with van der Waals surface area (Å²) in [7, 11) is 1.95. The van der Waals surface area contributed by atoms with Gasteiger partial charge in [-0.05, 0) is 31.7 Å². The zero-order chi connectivity index (χ0) is 13.0. The molecule has 0 aliphatic heterocycles. The summed E-state index contributed by atoms with van der Waals surface area (Å²) in [6.45, 7) is 6.03. The van der Waals surface area contributed by atoms with Gasteiger partial charge in [0.15, 0.2) is 0 Å². The minimum absolute atomic E-state index is 0.648. The van der Waals surface area contributed by atoms with Crippen LogP contribution in [-0.2, 0) is 13.6 Å². The van der Waals surface area contributed by atoms with Gasteiger partial charge in [0, 0.05) is 19.2 Å². The minimum Gasteiger partial charge on any atom is -0.440 e. The van der Waals surface area contributed by atoms with Crippen LogP contribution in [0.25, 0.3) is 0 Å². The Balaban J connectivity index is 2.17. The Labute approximate surface area is 111 Å². The molecule has 0 unspecified atom stereocenters. The molecule has 6 heteroatoms. The SMILES string of the molecule is CCCNCc1c(C)nn(C)c1Sc1ncco1. The fourth-order valence-electron chi connectivity index (χ4n) is 1.75. The average Bonchev–Trinajstić information content (AvgIpc) is 2.92. The van der Waals surface area contributed by atoms with E-state index in [-0.39, 0.29) is 0 Å². The molecule has 0 amide bonds. The van der Waals surface area contributed by atoms with Crippen LogP contribution in [0.4, 0.5) is 0 Å². The van der Waals surface area contributed by atoms with E-state index in [0.29, 0.717) is 5.22 Å². The van der Waals surface area contributed by atoms with E-state index in [4.69, 9.17) is 4.42 Å². The molecule has 18 heavy (non-hydrogen) atoms. The van der Waals surface area contributed by atoms with E-state index in [1.807, 2.05) is 18.7 Å². The van der Waals surface area contributed by atoms with Gasteiger partial charge < -0.3 is 9.73 Å². The number of hydrogen-bond donors (Lipinski definition) is 1. The Kier molecular flexibility index (Phi) is 4.43. The van der Waals surface area contributed by atoms with Crippen LogP contribution in [0, 0.1) is 6.92 Å². The van der Waals surface area contributed by atoms with Crippen LogP contribution < -0.4 is 5.32 Å². The molecule has 0 radical (unpaired) electrons. The van der Waals surface area contributed by atoms with Crippen molar-refractivity contribution in [1.82, 2.24) is 20.1 Å². The van der Waals surface area contributed by atoms with Crippen LogP contribution in [0.3, 0.4) is 0 Å². The highest BCUT2D eigenvalue weighted by Crippen LogP contribution is 2.30. The number of hydrogen-bond acceptors (Lipinski definition) is 5. The lowest BCUT2D eigenvalue weighted by Crippen LogP contribution is -2.14. The van der Waals surface area contributed by atoms with Crippen molar-refractivity contribution in [1.29, 1.82) is 0 Å². The van der Waals surface area contributed by atoms with Gasteiger partial charge in [0.25, 0.3) is 5.22 Å². The highest BCUT2D eigenvalue weighted by atomic mass is 32.2. The Morgan fingerprint density at radius 1 is 1.50 bits per heavy atom. The lowest BCUT2D eigenvalue weighted by molar-refractivity contribution is 0.453. The van der Waals surface area contributed by atoms with E-state index in [0.717, 1.165) is 30.2 Å². The van der Waals surface area contributed by atoms with Crippen molar-refractivity contribution in [2.45, 2.75) is 37.1 Å². The van der Waals surface area contributed by atoms with E-state index < -0.39 is 0 Å². The highest BCUT2D eigenvalue weighted by Gasteiger charge is 2.15. The normalized spacial score (nSPS) is 11.1. The summed E-state index contributed by atoms with van der Waals surface area (Å²) in [5.74, 6) is 0. The number of rotatable bonds is 6. The van der Waals surface area contributed by atoms with Crippen LogP contribution >= 0.6 is 11.8 Å². The molecule has 0 saturated carbocycles. The molecule has 0 fully saturated rings. The highest BCUT2D eigenvalue weighted by molar-refractivity contribution is 7.99. The number of nitrogens with zero attached hydrogens (tertiary/aromatic N) is 3. The topological polar surface area (TPSA) is 55.9 Å². The summed E-state index contributed by atoms with van der Waals surface area (Å²) in [6.07, 6.45) is 4.36. The molecule has 2 rings (SSSR count). The predicted molar refractivity (Wildman–Crippen MR) is 70.6 cm³/mol. The van der Waals surface area contributed by atoms with Gasteiger partial charge >= 0.3 is 0 Å². The van der Waals surface area contributed by atoms with Gasteiger partial charge in [-0.3, -0.25) is 4.68 Å². The molecule has 98 valence electrons. The van der Waals surface area contributed by atoms with Crippen LogP contribution in [0.2, 0.25) is 0 Å². The smallest absolute Gasteiger partial charge is 0.261 e. The molecule has 0 aliphatic rings. The zero-order valence-electron chi connectivity index (χ0n) is 10.9. The maximum atomic E-state index is 5.27. The van der Waals surface area contributed by atoms with Crippen LogP contribution in [-0.4, -0.2) is 21.3 Å².